The Morgan fingerprint density at radius 1 is 1.27 bits per heavy atom. The van der Waals surface area contributed by atoms with Crippen molar-refractivity contribution in [1.29, 1.82) is 0 Å². The minimum atomic E-state index is 0.522. The lowest BCUT2D eigenvalue weighted by Gasteiger charge is -2.09. The monoisotopic (exact) mass is 362 g/mol. The first-order valence-corrected chi connectivity index (χ1v) is 7.69. The van der Waals surface area contributed by atoms with E-state index < -0.39 is 0 Å². The number of hydrogen-bond acceptors (Lipinski definition) is 5. The number of rotatable bonds is 6. The maximum Gasteiger partial charge on any atom is 0.219 e. The predicted octanol–water partition coefficient (Wildman–Crippen LogP) is 2.66. The fraction of sp³-hybridized carbons (Fsp3) is 0.267. The van der Waals surface area contributed by atoms with Gasteiger partial charge in [-0.1, -0.05) is 26.8 Å². The van der Waals surface area contributed by atoms with Crippen LogP contribution in [-0.2, 0) is 6.42 Å². The minimum absolute atomic E-state index is 0.522. The van der Waals surface area contributed by atoms with Crippen LogP contribution < -0.4 is 9.57 Å². The summed E-state index contributed by atoms with van der Waals surface area (Å²) in [4.78, 5) is 11.2. The predicted molar refractivity (Wildman–Crippen MR) is 85.8 cm³/mol. The maximum atomic E-state index is 5.61. The van der Waals surface area contributed by atoms with E-state index in [4.69, 9.17) is 9.57 Å². The number of benzene rings is 1. The number of aromatic nitrogens is 4. The standard InChI is InChI=1S/C15H15BrN4O2/c1-21-14-10-12(16)7-6-11(14)4-3-9-22-20-15-13(18-19-20)5-2-8-17-15/h2,5-8,10H,3-4,9H2,1H3. The quantitative estimate of drug-likeness (QED) is 0.630. The van der Waals surface area contributed by atoms with Crippen LogP contribution in [-0.4, -0.2) is 33.9 Å². The average molecular weight is 363 g/mol. The number of pyridine rings is 1. The molecular formula is C15H15BrN4O2. The molecule has 0 bridgehead atoms. The third-order valence-corrected chi connectivity index (χ3v) is 3.73. The second-order valence-electron chi connectivity index (χ2n) is 4.70. The van der Waals surface area contributed by atoms with Gasteiger partial charge in [-0.05, 0) is 47.9 Å². The summed E-state index contributed by atoms with van der Waals surface area (Å²) in [7, 11) is 1.68. The highest BCUT2D eigenvalue weighted by Gasteiger charge is 2.07. The molecule has 114 valence electrons. The van der Waals surface area contributed by atoms with Crippen molar-refractivity contribution in [2.75, 3.05) is 13.7 Å². The summed E-state index contributed by atoms with van der Waals surface area (Å²) >= 11 is 3.44. The first kappa shape index (κ1) is 14.8. The molecule has 0 N–H and O–H groups in total. The Morgan fingerprint density at radius 2 is 2.18 bits per heavy atom. The molecule has 0 amide bonds. The van der Waals surface area contributed by atoms with E-state index in [-0.39, 0.29) is 0 Å². The molecule has 0 unspecified atom stereocenters. The normalized spacial score (nSPS) is 10.8. The SMILES string of the molecule is COc1cc(Br)ccc1CCCOn1nnc2cccnc21. The van der Waals surface area contributed by atoms with Crippen LogP contribution in [0.4, 0.5) is 0 Å². The fourth-order valence-electron chi connectivity index (χ4n) is 2.17. The van der Waals surface area contributed by atoms with Crippen molar-refractivity contribution in [3.63, 3.8) is 0 Å². The number of methoxy groups -OCH3 is 1. The number of aryl methyl sites for hydroxylation is 1. The maximum absolute atomic E-state index is 5.61. The molecular weight excluding hydrogens is 348 g/mol. The zero-order chi connectivity index (χ0) is 15.4. The number of fused-ring (bicyclic) bond motifs is 1. The minimum Gasteiger partial charge on any atom is -0.496 e. The summed E-state index contributed by atoms with van der Waals surface area (Å²) in [6.45, 7) is 0.522. The molecule has 6 nitrogen and oxygen atoms in total. The molecule has 0 atom stereocenters. The van der Waals surface area contributed by atoms with Gasteiger partial charge in [0.2, 0.25) is 5.65 Å². The van der Waals surface area contributed by atoms with Gasteiger partial charge in [0.25, 0.3) is 0 Å². The van der Waals surface area contributed by atoms with Crippen molar-refractivity contribution in [1.82, 2.24) is 20.1 Å². The molecule has 1 aromatic carbocycles. The van der Waals surface area contributed by atoms with Crippen LogP contribution in [0.5, 0.6) is 5.75 Å². The molecule has 3 rings (SSSR count). The van der Waals surface area contributed by atoms with Gasteiger partial charge in [0.1, 0.15) is 17.9 Å². The summed E-state index contributed by atoms with van der Waals surface area (Å²) in [5.41, 5.74) is 2.50. The molecule has 0 aliphatic rings. The molecule has 0 radical (unpaired) electrons. The number of halogens is 1. The molecule has 2 heterocycles. The van der Waals surface area contributed by atoms with Gasteiger partial charge in [0, 0.05) is 10.7 Å². The van der Waals surface area contributed by atoms with Crippen molar-refractivity contribution < 1.29 is 9.57 Å². The largest absolute Gasteiger partial charge is 0.496 e. The molecule has 0 spiro atoms. The Bertz CT molecular complexity index is 775. The first-order valence-electron chi connectivity index (χ1n) is 6.90. The van der Waals surface area contributed by atoms with E-state index in [1.165, 1.54) is 4.85 Å². The summed E-state index contributed by atoms with van der Waals surface area (Å²) in [5, 5.41) is 7.93. The summed E-state index contributed by atoms with van der Waals surface area (Å²) in [5.74, 6) is 0.877. The van der Waals surface area contributed by atoms with Gasteiger partial charge in [-0.2, -0.15) is 0 Å². The van der Waals surface area contributed by atoms with Crippen LogP contribution >= 0.6 is 15.9 Å². The molecule has 0 aliphatic heterocycles. The van der Waals surface area contributed by atoms with Gasteiger partial charge in [0.15, 0.2) is 0 Å². The Morgan fingerprint density at radius 3 is 3.05 bits per heavy atom. The second kappa shape index (κ2) is 6.74. The van der Waals surface area contributed by atoms with Gasteiger partial charge < -0.3 is 9.57 Å². The second-order valence-corrected chi connectivity index (χ2v) is 5.62. The Kier molecular flexibility index (Phi) is 4.53. The fourth-order valence-corrected chi connectivity index (χ4v) is 2.51. The van der Waals surface area contributed by atoms with E-state index in [0.29, 0.717) is 12.3 Å². The number of hydrogen-bond donors (Lipinski definition) is 0. The van der Waals surface area contributed by atoms with Crippen LogP contribution in [0.15, 0.2) is 41.0 Å². The molecule has 0 fully saturated rings. The first-order chi connectivity index (χ1) is 10.8. The van der Waals surface area contributed by atoms with Crippen molar-refractivity contribution in [2.24, 2.45) is 0 Å². The Labute approximate surface area is 136 Å². The molecule has 0 aliphatic carbocycles. The van der Waals surface area contributed by atoms with Gasteiger partial charge in [-0.25, -0.2) is 4.98 Å². The highest BCUT2D eigenvalue weighted by atomic mass is 79.9. The molecule has 0 saturated heterocycles. The topological polar surface area (TPSA) is 62.1 Å². The number of ether oxygens (including phenoxy) is 1. The van der Waals surface area contributed by atoms with E-state index in [1.807, 2.05) is 24.3 Å². The average Bonchev–Trinajstić information content (AvgIpc) is 2.96. The highest BCUT2D eigenvalue weighted by molar-refractivity contribution is 9.10. The van der Waals surface area contributed by atoms with Gasteiger partial charge in [-0.15, -0.1) is 5.10 Å². The summed E-state index contributed by atoms with van der Waals surface area (Å²) in [6.07, 6.45) is 3.39. The van der Waals surface area contributed by atoms with Gasteiger partial charge in [0.05, 0.1) is 7.11 Å². The van der Waals surface area contributed by atoms with E-state index in [1.54, 1.807) is 13.3 Å². The van der Waals surface area contributed by atoms with Crippen LogP contribution in [0, 0.1) is 0 Å². The van der Waals surface area contributed by atoms with E-state index in [0.717, 1.165) is 34.1 Å². The van der Waals surface area contributed by atoms with E-state index in [9.17, 15) is 0 Å². The Hall–Kier alpha value is -2.15. The molecule has 3 aromatic rings. The third-order valence-electron chi connectivity index (χ3n) is 3.23. The zero-order valence-electron chi connectivity index (χ0n) is 12.1. The zero-order valence-corrected chi connectivity index (χ0v) is 13.7. The van der Waals surface area contributed by atoms with Crippen LogP contribution in [0.3, 0.4) is 0 Å². The molecule has 22 heavy (non-hydrogen) atoms. The van der Waals surface area contributed by atoms with Crippen molar-refractivity contribution in [2.45, 2.75) is 12.8 Å². The smallest absolute Gasteiger partial charge is 0.219 e. The molecule has 0 saturated carbocycles. The number of nitrogens with zero attached hydrogens (tertiary/aromatic N) is 4. The summed E-state index contributed by atoms with van der Waals surface area (Å²) < 4.78 is 6.38. The van der Waals surface area contributed by atoms with Crippen LogP contribution in [0.2, 0.25) is 0 Å². The molecule has 2 aromatic heterocycles. The van der Waals surface area contributed by atoms with Gasteiger partial charge in [-0.3, -0.25) is 0 Å². The lowest BCUT2D eigenvalue weighted by Crippen LogP contribution is -2.15. The Balaban J connectivity index is 1.58. The van der Waals surface area contributed by atoms with Crippen molar-refractivity contribution in [3.05, 3.63) is 46.6 Å². The third kappa shape index (κ3) is 3.19. The summed E-state index contributed by atoms with van der Waals surface area (Å²) in [6, 6.07) is 9.69. The van der Waals surface area contributed by atoms with E-state index >= 15 is 0 Å². The van der Waals surface area contributed by atoms with Gasteiger partial charge >= 0.3 is 0 Å². The lowest BCUT2D eigenvalue weighted by atomic mass is 10.1. The van der Waals surface area contributed by atoms with Crippen molar-refractivity contribution in [3.8, 4) is 5.75 Å². The van der Waals surface area contributed by atoms with Crippen LogP contribution in [0.25, 0.3) is 11.2 Å². The molecule has 7 heteroatoms. The van der Waals surface area contributed by atoms with Crippen LogP contribution in [0.1, 0.15) is 12.0 Å². The van der Waals surface area contributed by atoms with Crippen molar-refractivity contribution >= 4 is 27.1 Å². The van der Waals surface area contributed by atoms with E-state index in [2.05, 4.69) is 37.3 Å². The lowest BCUT2D eigenvalue weighted by molar-refractivity contribution is 0.0844. The highest BCUT2D eigenvalue weighted by Crippen LogP contribution is 2.24.